The molecule has 0 radical (unpaired) electrons. The van der Waals surface area contributed by atoms with E-state index in [1.54, 1.807) is 41.1 Å². The summed E-state index contributed by atoms with van der Waals surface area (Å²) in [4.78, 5) is 36.3. The number of rotatable bonds is 7. The average Bonchev–Trinajstić information content (AvgIpc) is 3.06. The monoisotopic (exact) mass is 412 g/mol. The Hall–Kier alpha value is -3.75. The fraction of sp³-hybridized carbons (Fsp3) is 0.238. The number of aliphatic carboxylic acids is 1. The van der Waals surface area contributed by atoms with Gasteiger partial charge >= 0.3 is 5.97 Å². The van der Waals surface area contributed by atoms with Crippen LogP contribution in [0.3, 0.4) is 0 Å². The summed E-state index contributed by atoms with van der Waals surface area (Å²) in [6.45, 7) is 2.89. The summed E-state index contributed by atoms with van der Waals surface area (Å²) in [5.74, 6) is -3.33. The maximum absolute atomic E-state index is 13.2. The number of nitrogens with one attached hydrogen (secondary N) is 1. The van der Waals surface area contributed by atoms with Crippen LogP contribution >= 0.6 is 0 Å². The number of nitrogens with zero attached hydrogens (tertiary/aromatic N) is 2. The largest absolute Gasteiger partial charge is 0.481 e. The average molecular weight is 412 g/mol. The van der Waals surface area contributed by atoms with Crippen LogP contribution in [0.2, 0.25) is 0 Å². The zero-order valence-electron chi connectivity index (χ0n) is 16.4. The molecule has 2 aromatic carbocycles. The highest BCUT2D eigenvalue weighted by Gasteiger charge is 2.42. The summed E-state index contributed by atoms with van der Waals surface area (Å²) in [7, 11) is 0. The number of aromatic nitrogens is 2. The van der Waals surface area contributed by atoms with Gasteiger partial charge in [-0.2, -0.15) is 5.10 Å². The second-order valence-corrected chi connectivity index (χ2v) is 7.49. The first kappa shape index (κ1) is 21.0. The maximum Gasteiger partial charge on any atom is 0.311 e. The van der Waals surface area contributed by atoms with Crippen molar-refractivity contribution >= 4 is 28.7 Å². The number of halogens is 1. The van der Waals surface area contributed by atoms with Gasteiger partial charge in [-0.15, -0.1) is 0 Å². The minimum atomic E-state index is -1.62. The highest BCUT2D eigenvalue weighted by molar-refractivity contribution is 6.06. The second kappa shape index (κ2) is 7.94. The maximum atomic E-state index is 13.2. The molecule has 0 unspecified atom stereocenters. The van der Waals surface area contributed by atoms with Crippen molar-refractivity contribution in [1.29, 1.82) is 0 Å². The second-order valence-electron chi connectivity index (χ2n) is 7.49. The molecule has 3 rings (SSSR count). The van der Waals surface area contributed by atoms with Crippen LogP contribution in [-0.2, 0) is 16.1 Å². The quantitative estimate of drug-likeness (QED) is 0.546. The van der Waals surface area contributed by atoms with Crippen molar-refractivity contribution in [3.8, 4) is 0 Å². The molecule has 0 aliphatic heterocycles. The lowest BCUT2D eigenvalue weighted by molar-refractivity contribution is -0.151. The van der Waals surface area contributed by atoms with Crippen LogP contribution in [0.15, 0.2) is 48.5 Å². The van der Waals surface area contributed by atoms with Crippen molar-refractivity contribution in [2.24, 2.45) is 11.1 Å². The van der Waals surface area contributed by atoms with Crippen LogP contribution in [0.25, 0.3) is 10.9 Å². The van der Waals surface area contributed by atoms with E-state index in [9.17, 15) is 23.9 Å². The molecule has 30 heavy (non-hydrogen) atoms. The topological polar surface area (TPSA) is 127 Å². The zero-order chi connectivity index (χ0) is 22.1. The molecule has 0 spiro atoms. The molecular weight excluding hydrogens is 391 g/mol. The van der Waals surface area contributed by atoms with Gasteiger partial charge in [-0.3, -0.25) is 19.1 Å². The molecule has 1 aromatic heterocycles. The van der Waals surface area contributed by atoms with E-state index >= 15 is 0 Å². The SMILES string of the molecule is CC(C)(C(=O)O)[C@H](NC(=O)c1nn(Cc2ccc(F)cc2)c2ccccc12)C(N)=O. The van der Waals surface area contributed by atoms with Gasteiger partial charge < -0.3 is 16.2 Å². The fourth-order valence-electron chi connectivity index (χ4n) is 3.11. The first-order valence-corrected chi connectivity index (χ1v) is 9.15. The van der Waals surface area contributed by atoms with Gasteiger partial charge in [0.05, 0.1) is 17.5 Å². The lowest BCUT2D eigenvalue weighted by Crippen LogP contribution is -2.56. The standard InChI is InChI=1S/C21H21FN4O4/c1-21(2,20(29)30)17(18(23)27)24-19(28)16-14-5-3-4-6-15(14)26(25-16)11-12-7-9-13(22)10-8-12/h3-10,17H,11H2,1-2H3,(H2,23,27)(H,24,28)(H,29,30)/t17-/m1/s1. The number of hydrogen-bond donors (Lipinski definition) is 3. The molecule has 0 fully saturated rings. The summed E-state index contributed by atoms with van der Waals surface area (Å²) < 4.78 is 14.8. The number of fused-ring (bicyclic) bond motifs is 1. The van der Waals surface area contributed by atoms with E-state index in [4.69, 9.17) is 5.73 Å². The van der Waals surface area contributed by atoms with Crippen molar-refractivity contribution in [1.82, 2.24) is 15.1 Å². The molecule has 0 aliphatic carbocycles. The lowest BCUT2D eigenvalue weighted by atomic mass is 9.84. The Morgan fingerprint density at radius 1 is 1.17 bits per heavy atom. The molecule has 8 nitrogen and oxygen atoms in total. The molecule has 3 aromatic rings. The Kier molecular flexibility index (Phi) is 5.55. The predicted octanol–water partition coefficient (Wildman–Crippen LogP) is 1.92. The number of hydrogen-bond acceptors (Lipinski definition) is 4. The number of carbonyl (C=O) groups excluding carboxylic acids is 2. The summed E-state index contributed by atoms with van der Waals surface area (Å²) >= 11 is 0. The first-order valence-electron chi connectivity index (χ1n) is 9.15. The molecule has 4 N–H and O–H groups in total. The van der Waals surface area contributed by atoms with Crippen LogP contribution in [0.1, 0.15) is 29.9 Å². The molecular formula is C21H21FN4O4. The van der Waals surface area contributed by atoms with Crippen molar-refractivity contribution in [2.75, 3.05) is 0 Å². The minimum Gasteiger partial charge on any atom is -0.481 e. The highest BCUT2D eigenvalue weighted by atomic mass is 19.1. The molecule has 0 saturated carbocycles. The molecule has 0 saturated heterocycles. The summed E-state index contributed by atoms with van der Waals surface area (Å²) in [6.07, 6.45) is 0. The summed E-state index contributed by atoms with van der Waals surface area (Å²) in [6, 6.07) is 11.4. The Labute approximate surface area is 171 Å². The van der Waals surface area contributed by atoms with Gasteiger partial charge in [0.25, 0.3) is 5.91 Å². The number of para-hydroxylation sites is 1. The van der Waals surface area contributed by atoms with Crippen molar-refractivity contribution in [2.45, 2.75) is 26.4 Å². The van der Waals surface area contributed by atoms with Crippen molar-refractivity contribution in [3.63, 3.8) is 0 Å². The number of benzene rings is 2. The van der Waals surface area contributed by atoms with Gasteiger partial charge in [0.2, 0.25) is 5.91 Å². The number of carboxylic acid groups (broad SMARTS) is 1. The van der Waals surface area contributed by atoms with Gasteiger partial charge in [-0.05, 0) is 37.6 Å². The highest BCUT2D eigenvalue weighted by Crippen LogP contribution is 2.23. The molecule has 1 atom stereocenters. The fourth-order valence-corrected chi connectivity index (χ4v) is 3.11. The van der Waals surface area contributed by atoms with Gasteiger partial charge in [0.15, 0.2) is 5.69 Å². The minimum absolute atomic E-state index is 0.0279. The Balaban J connectivity index is 1.97. The van der Waals surface area contributed by atoms with Crippen LogP contribution in [0.4, 0.5) is 4.39 Å². The number of amides is 2. The molecule has 2 amide bonds. The van der Waals surface area contributed by atoms with Gasteiger partial charge in [-0.25, -0.2) is 4.39 Å². The number of nitrogens with two attached hydrogens (primary N) is 1. The van der Waals surface area contributed by atoms with Gasteiger partial charge in [0, 0.05) is 5.39 Å². The third-order valence-electron chi connectivity index (χ3n) is 4.95. The summed E-state index contributed by atoms with van der Waals surface area (Å²) in [5, 5.41) is 16.7. The predicted molar refractivity (Wildman–Crippen MR) is 107 cm³/mol. The summed E-state index contributed by atoms with van der Waals surface area (Å²) in [5.41, 5.74) is 5.19. The van der Waals surface area contributed by atoms with Crippen LogP contribution in [0.5, 0.6) is 0 Å². The van der Waals surface area contributed by atoms with E-state index in [-0.39, 0.29) is 18.1 Å². The smallest absolute Gasteiger partial charge is 0.311 e. The Bertz CT molecular complexity index is 1120. The molecule has 1 heterocycles. The lowest BCUT2D eigenvalue weighted by Gasteiger charge is -2.28. The zero-order valence-corrected chi connectivity index (χ0v) is 16.4. The van der Waals surface area contributed by atoms with E-state index in [0.29, 0.717) is 10.9 Å². The third-order valence-corrected chi connectivity index (χ3v) is 4.95. The van der Waals surface area contributed by atoms with Crippen molar-refractivity contribution in [3.05, 3.63) is 65.6 Å². The van der Waals surface area contributed by atoms with E-state index < -0.39 is 29.2 Å². The van der Waals surface area contributed by atoms with Crippen LogP contribution < -0.4 is 11.1 Å². The van der Waals surface area contributed by atoms with Gasteiger partial charge in [-0.1, -0.05) is 30.3 Å². The Morgan fingerprint density at radius 2 is 1.80 bits per heavy atom. The van der Waals surface area contributed by atoms with E-state index in [1.807, 2.05) is 0 Å². The molecule has 9 heteroatoms. The van der Waals surface area contributed by atoms with Crippen molar-refractivity contribution < 1.29 is 23.9 Å². The van der Waals surface area contributed by atoms with E-state index in [2.05, 4.69) is 10.4 Å². The first-order chi connectivity index (χ1) is 14.1. The third kappa shape index (κ3) is 4.00. The normalized spacial score (nSPS) is 12.5. The Morgan fingerprint density at radius 3 is 2.40 bits per heavy atom. The number of primary amides is 1. The number of carbonyl (C=O) groups is 3. The van der Waals surface area contributed by atoms with E-state index in [0.717, 1.165) is 5.56 Å². The number of carboxylic acids is 1. The molecule has 0 aliphatic rings. The van der Waals surface area contributed by atoms with Gasteiger partial charge in [0.1, 0.15) is 11.9 Å². The van der Waals surface area contributed by atoms with E-state index in [1.165, 1.54) is 26.0 Å². The molecule has 0 bridgehead atoms. The van der Waals surface area contributed by atoms with Crippen LogP contribution in [-0.4, -0.2) is 38.7 Å². The van der Waals surface area contributed by atoms with Crippen LogP contribution in [0, 0.1) is 11.2 Å². The molecule has 156 valence electrons.